The number of nitrogens with two attached hydrogens (primary N) is 1. The molecule has 1 aromatic rings. The van der Waals surface area contributed by atoms with E-state index in [2.05, 4.69) is 4.98 Å². The maximum Gasteiger partial charge on any atom is 0.422 e. The highest BCUT2D eigenvalue weighted by atomic mass is 19.4. The molecule has 0 aromatic carbocycles. The second-order valence-electron chi connectivity index (χ2n) is 4.14. The number of nitrogens with zero attached hydrogens (tertiary/aromatic N) is 1. The van der Waals surface area contributed by atoms with Crippen molar-refractivity contribution in [2.75, 3.05) is 6.54 Å². The van der Waals surface area contributed by atoms with Crippen LogP contribution in [-0.2, 0) is 5.60 Å². The Morgan fingerprint density at radius 2 is 2.00 bits per heavy atom. The molecule has 1 rings (SSSR count). The van der Waals surface area contributed by atoms with Crippen molar-refractivity contribution in [3.05, 3.63) is 24.0 Å². The Hall–Kier alpha value is -1.34. The first-order valence-electron chi connectivity index (χ1n) is 5.32. The summed E-state index contributed by atoms with van der Waals surface area (Å²) in [5.41, 5.74) is 1.49. The van der Waals surface area contributed by atoms with E-state index in [9.17, 15) is 18.3 Å². The van der Waals surface area contributed by atoms with Gasteiger partial charge in [0.1, 0.15) is 5.75 Å². The van der Waals surface area contributed by atoms with Crippen LogP contribution in [0, 0.1) is 0 Å². The lowest BCUT2D eigenvalue weighted by molar-refractivity contribution is -0.262. The Morgan fingerprint density at radius 3 is 2.44 bits per heavy atom. The van der Waals surface area contributed by atoms with Gasteiger partial charge in [-0.1, -0.05) is 0 Å². The third kappa shape index (κ3) is 2.91. The maximum absolute atomic E-state index is 12.8. The number of hydrogen-bond acceptors (Lipinski definition) is 4. The molecule has 18 heavy (non-hydrogen) atoms. The van der Waals surface area contributed by atoms with Crippen LogP contribution in [0.3, 0.4) is 0 Å². The summed E-state index contributed by atoms with van der Waals surface area (Å²) in [6.07, 6.45) is -2.89. The molecule has 7 heteroatoms. The predicted molar refractivity (Wildman–Crippen MR) is 59.0 cm³/mol. The fourth-order valence-corrected chi connectivity index (χ4v) is 1.38. The molecule has 102 valence electrons. The number of hydrogen-bond donors (Lipinski definition) is 2. The zero-order valence-electron chi connectivity index (χ0n) is 10.0. The minimum Gasteiger partial charge on any atom is -0.489 e. The summed E-state index contributed by atoms with van der Waals surface area (Å²) >= 11 is 0. The Morgan fingerprint density at radius 1 is 1.39 bits per heavy atom. The molecule has 1 heterocycles. The van der Waals surface area contributed by atoms with Gasteiger partial charge < -0.3 is 15.6 Å². The summed E-state index contributed by atoms with van der Waals surface area (Å²) in [4.78, 5) is 3.62. The van der Waals surface area contributed by atoms with Crippen molar-refractivity contribution in [3.8, 4) is 5.75 Å². The van der Waals surface area contributed by atoms with E-state index in [-0.39, 0.29) is 11.9 Å². The molecule has 0 fully saturated rings. The molecule has 3 N–H and O–H groups in total. The molecule has 0 aliphatic heterocycles. The topological polar surface area (TPSA) is 68.4 Å². The summed E-state index contributed by atoms with van der Waals surface area (Å²) in [6.45, 7) is 2.47. The fourth-order valence-electron chi connectivity index (χ4n) is 1.38. The predicted octanol–water partition coefficient (Wildman–Crippen LogP) is 1.58. The minimum atomic E-state index is -4.88. The standard InChI is InChI=1S/C11H15F3N2O2/c1-7(2)18-9-3-8(4-16-5-9)10(17,6-15)11(12,13)14/h3-5,7,17H,6,15H2,1-2H3. The molecule has 0 aliphatic carbocycles. The van der Waals surface area contributed by atoms with E-state index < -0.39 is 23.9 Å². The van der Waals surface area contributed by atoms with E-state index >= 15 is 0 Å². The average Bonchev–Trinajstić information content (AvgIpc) is 2.25. The largest absolute Gasteiger partial charge is 0.489 e. The molecule has 4 nitrogen and oxygen atoms in total. The summed E-state index contributed by atoms with van der Waals surface area (Å²) in [6, 6.07) is 1.09. The second kappa shape index (κ2) is 5.11. The summed E-state index contributed by atoms with van der Waals surface area (Å²) in [5, 5.41) is 9.64. The van der Waals surface area contributed by atoms with Gasteiger partial charge in [-0.25, -0.2) is 0 Å². The lowest BCUT2D eigenvalue weighted by Gasteiger charge is -2.29. The number of rotatable bonds is 4. The number of halogens is 3. The Labute approximate surface area is 103 Å². The third-order valence-corrected chi connectivity index (χ3v) is 2.33. The first-order chi connectivity index (χ1) is 8.20. The molecule has 0 saturated heterocycles. The first-order valence-corrected chi connectivity index (χ1v) is 5.32. The molecule has 1 aromatic heterocycles. The Balaban J connectivity index is 3.15. The van der Waals surface area contributed by atoms with Gasteiger partial charge in [0.05, 0.1) is 12.3 Å². The van der Waals surface area contributed by atoms with E-state index in [0.29, 0.717) is 0 Å². The zero-order valence-corrected chi connectivity index (χ0v) is 10.0. The van der Waals surface area contributed by atoms with Crippen molar-refractivity contribution >= 4 is 0 Å². The smallest absolute Gasteiger partial charge is 0.422 e. The molecule has 0 bridgehead atoms. The highest BCUT2D eigenvalue weighted by Crippen LogP contribution is 2.38. The van der Waals surface area contributed by atoms with E-state index in [1.54, 1.807) is 13.8 Å². The Kier molecular flexibility index (Phi) is 4.18. The molecule has 0 amide bonds. The van der Waals surface area contributed by atoms with Crippen LogP contribution in [0.2, 0.25) is 0 Å². The molecule has 1 unspecified atom stereocenters. The average molecular weight is 264 g/mol. The van der Waals surface area contributed by atoms with E-state index in [1.165, 1.54) is 6.20 Å². The number of ether oxygens (including phenoxy) is 1. The molecule has 0 aliphatic rings. The maximum atomic E-state index is 12.8. The monoisotopic (exact) mass is 264 g/mol. The highest BCUT2D eigenvalue weighted by molar-refractivity contribution is 5.30. The van der Waals surface area contributed by atoms with Crippen LogP contribution in [0.4, 0.5) is 13.2 Å². The van der Waals surface area contributed by atoms with Gasteiger partial charge in [0.2, 0.25) is 0 Å². The quantitative estimate of drug-likeness (QED) is 0.866. The normalized spacial score (nSPS) is 15.6. The fraction of sp³-hybridized carbons (Fsp3) is 0.545. The molecular formula is C11H15F3N2O2. The van der Waals surface area contributed by atoms with Crippen molar-refractivity contribution in [2.45, 2.75) is 31.7 Å². The van der Waals surface area contributed by atoms with Crippen molar-refractivity contribution in [1.29, 1.82) is 0 Å². The number of alkyl halides is 3. The van der Waals surface area contributed by atoms with Gasteiger partial charge in [-0.3, -0.25) is 4.98 Å². The van der Waals surface area contributed by atoms with Gasteiger partial charge in [0.25, 0.3) is 0 Å². The Bertz CT molecular complexity index is 410. The van der Waals surface area contributed by atoms with Crippen LogP contribution in [0.15, 0.2) is 18.5 Å². The molecule has 0 spiro atoms. The van der Waals surface area contributed by atoms with E-state index in [1.807, 2.05) is 0 Å². The summed E-state index contributed by atoms with van der Waals surface area (Å²) in [5.74, 6) is 0.152. The molecular weight excluding hydrogens is 249 g/mol. The van der Waals surface area contributed by atoms with Gasteiger partial charge in [-0.2, -0.15) is 13.2 Å². The van der Waals surface area contributed by atoms with Crippen LogP contribution in [0.25, 0.3) is 0 Å². The van der Waals surface area contributed by atoms with Crippen LogP contribution in [0.1, 0.15) is 19.4 Å². The second-order valence-corrected chi connectivity index (χ2v) is 4.14. The SMILES string of the molecule is CC(C)Oc1cncc(C(O)(CN)C(F)(F)F)c1. The van der Waals surface area contributed by atoms with Gasteiger partial charge >= 0.3 is 6.18 Å². The van der Waals surface area contributed by atoms with Crippen LogP contribution >= 0.6 is 0 Å². The van der Waals surface area contributed by atoms with Crippen molar-refractivity contribution in [1.82, 2.24) is 4.98 Å². The highest BCUT2D eigenvalue weighted by Gasteiger charge is 2.54. The number of pyridine rings is 1. The minimum absolute atomic E-state index is 0.152. The van der Waals surface area contributed by atoms with Crippen molar-refractivity contribution in [2.24, 2.45) is 5.73 Å². The van der Waals surface area contributed by atoms with Crippen LogP contribution in [0.5, 0.6) is 5.75 Å². The van der Waals surface area contributed by atoms with Crippen LogP contribution in [-0.4, -0.2) is 28.9 Å². The summed E-state index contributed by atoms with van der Waals surface area (Å²) in [7, 11) is 0. The van der Waals surface area contributed by atoms with Gasteiger partial charge in [0.15, 0.2) is 5.60 Å². The lowest BCUT2D eigenvalue weighted by atomic mass is 9.95. The summed E-state index contributed by atoms with van der Waals surface area (Å²) < 4.78 is 43.6. The first kappa shape index (κ1) is 14.7. The van der Waals surface area contributed by atoms with Crippen molar-refractivity contribution in [3.63, 3.8) is 0 Å². The third-order valence-electron chi connectivity index (χ3n) is 2.33. The molecule has 0 saturated carbocycles. The molecule has 0 radical (unpaired) electrons. The number of aromatic nitrogens is 1. The van der Waals surface area contributed by atoms with Crippen molar-refractivity contribution < 1.29 is 23.0 Å². The zero-order chi connectivity index (χ0) is 14.0. The number of aliphatic hydroxyl groups is 1. The van der Waals surface area contributed by atoms with Gasteiger partial charge in [-0.05, 0) is 19.9 Å². The van der Waals surface area contributed by atoms with E-state index in [4.69, 9.17) is 10.5 Å². The van der Waals surface area contributed by atoms with E-state index in [0.717, 1.165) is 12.3 Å². The van der Waals surface area contributed by atoms with Gasteiger partial charge in [-0.15, -0.1) is 0 Å². The lowest BCUT2D eigenvalue weighted by Crippen LogP contribution is -2.48. The molecule has 1 atom stereocenters. The van der Waals surface area contributed by atoms with Gasteiger partial charge in [0, 0.05) is 18.3 Å². The van der Waals surface area contributed by atoms with Crippen LogP contribution < -0.4 is 10.5 Å².